The van der Waals surface area contributed by atoms with Gasteiger partial charge in [-0.2, -0.15) is 8.78 Å². The van der Waals surface area contributed by atoms with E-state index in [2.05, 4.69) is 20.4 Å². The molecule has 0 fully saturated rings. The molecule has 0 heterocycles. The minimum Gasteiger partial charge on any atom is -0.496 e. The maximum absolute atomic E-state index is 12.5. The van der Waals surface area contributed by atoms with E-state index in [9.17, 15) is 8.78 Å². The summed E-state index contributed by atoms with van der Waals surface area (Å²) in [5.41, 5.74) is 1.96. The number of alkyl halides is 2. The summed E-state index contributed by atoms with van der Waals surface area (Å²) >= 11 is 0. The molecule has 158 valence electrons. The molecule has 0 amide bonds. The minimum atomic E-state index is -2.90. The molecule has 6 nitrogen and oxygen atoms in total. The van der Waals surface area contributed by atoms with Gasteiger partial charge in [-0.05, 0) is 42.7 Å². The summed E-state index contributed by atoms with van der Waals surface area (Å²) in [5, 5.41) is 6.44. The molecule has 2 aromatic carbocycles. The lowest BCUT2D eigenvalue weighted by Crippen LogP contribution is -2.37. The van der Waals surface area contributed by atoms with Gasteiger partial charge in [0.1, 0.15) is 5.75 Å². The van der Waals surface area contributed by atoms with Crippen LogP contribution < -0.4 is 24.8 Å². The van der Waals surface area contributed by atoms with Crippen LogP contribution in [0.1, 0.15) is 18.1 Å². The van der Waals surface area contributed by atoms with Crippen molar-refractivity contribution in [2.24, 2.45) is 4.99 Å². The van der Waals surface area contributed by atoms with Gasteiger partial charge >= 0.3 is 6.61 Å². The fourth-order valence-electron chi connectivity index (χ4n) is 2.76. The van der Waals surface area contributed by atoms with Gasteiger partial charge in [0.25, 0.3) is 0 Å². The van der Waals surface area contributed by atoms with Crippen LogP contribution in [0.5, 0.6) is 17.2 Å². The highest BCUT2D eigenvalue weighted by atomic mass is 19.3. The Hall–Kier alpha value is -3.03. The summed E-state index contributed by atoms with van der Waals surface area (Å²) in [4.78, 5) is 4.20. The molecule has 0 aliphatic rings. The van der Waals surface area contributed by atoms with Crippen LogP contribution in [0.4, 0.5) is 8.78 Å². The molecule has 29 heavy (non-hydrogen) atoms. The Morgan fingerprint density at radius 3 is 2.55 bits per heavy atom. The predicted octanol–water partition coefficient (Wildman–Crippen LogP) is 3.60. The molecule has 0 saturated heterocycles. The van der Waals surface area contributed by atoms with E-state index in [0.717, 1.165) is 23.3 Å². The molecule has 0 aromatic heterocycles. The Labute approximate surface area is 169 Å². The number of hydrogen-bond acceptors (Lipinski definition) is 4. The van der Waals surface area contributed by atoms with E-state index in [1.807, 2.05) is 24.3 Å². The summed E-state index contributed by atoms with van der Waals surface area (Å²) in [7, 11) is 3.34. The standard InChI is InChI=1S/C21H27F2N3O3/c1-4-28-19-13-15(9-10-18(19)29-20(22)23)14-26-21(24-2)25-12-11-16-7-5-6-8-17(16)27-3/h5-10,13,20H,4,11-12,14H2,1-3H3,(H2,24,25,26). The van der Waals surface area contributed by atoms with Gasteiger partial charge in [0.2, 0.25) is 0 Å². The number of halogens is 2. The Morgan fingerprint density at radius 2 is 1.86 bits per heavy atom. The highest BCUT2D eigenvalue weighted by molar-refractivity contribution is 5.79. The molecule has 0 saturated carbocycles. The second kappa shape index (κ2) is 11.7. The van der Waals surface area contributed by atoms with Crippen LogP contribution in [-0.4, -0.2) is 39.9 Å². The first-order valence-electron chi connectivity index (χ1n) is 9.34. The number of nitrogens with zero attached hydrogens (tertiary/aromatic N) is 1. The molecule has 0 spiro atoms. The van der Waals surface area contributed by atoms with Crippen LogP contribution in [0.15, 0.2) is 47.5 Å². The first-order valence-corrected chi connectivity index (χ1v) is 9.34. The molecule has 2 rings (SSSR count). The van der Waals surface area contributed by atoms with Gasteiger partial charge in [0, 0.05) is 20.1 Å². The topological polar surface area (TPSA) is 64.1 Å². The molecular weight excluding hydrogens is 380 g/mol. The van der Waals surface area contributed by atoms with Crippen LogP contribution in [-0.2, 0) is 13.0 Å². The highest BCUT2D eigenvalue weighted by Gasteiger charge is 2.12. The zero-order valence-corrected chi connectivity index (χ0v) is 16.9. The number of nitrogens with one attached hydrogen (secondary N) is 2. The number of rotatable bonds is 10. The quantitative estimate of drug-likeness (QED) is 0.465. The lowest BCUT2D eigenvalue weighted by molar-refractivity contribution is -0.0514. The van der Waals surface area contributed by atoms with E-state index in [1.165, 1.54) is 6.07 Å². The third-order valence-corrected chi connectivity index (χ3v) is 4.09. The lowest BCUT2D eigenvalue weighted by Gasteiger charge is -2.15. The Balaban J connectivity index is 1.90. The van der Waals surface area contributed by atoms with Crippen molar-refractivity contribution >= 4 is 5.96 Å². The molecule has 8 heteroatoms. The summed E-state index contributed by atoms with van der Waals surface area (Å²) < 4.78 is 40.3. The summed E-state index contributed by atoms with van der Waals surface area (Å²) in [5.74, 6) is 1.79. The normalized spacial score (nSPS) is 11.3. The van der Waals surface area contributed by atoms with Gasteiger partial charge in [-0.15, -0.1) is 0 Å². The van der Waals surface area contributed by atoms with E-state index in [4.69, 9.17) is 9.47 Å². The zero-order chi connectivity index (χ0) is 21.1. The Morgan fingerprint density at radius 1 is 1.07 bits per heavy atom. The number of ether oxygens (including phenoxy) is 3. The second-order valence-corrected chi connectivity index (χ2v) is 6.01. The number of aliphatic imine (C=N–C) groups is 1. The van der Waals surface area contributed by atoms with Crippen LogP contribution in [0.3, 0.4) is 0 Å². The molecule has 0 aliphatic carbocycles. The van der Waals surface area contributed by atoms with E-state index >= 15 is 0 Å². The third-order valence-electron chi connectivity index (χ3n) is 4.09. The summed E-state index contributed by atoms with van der Waals surface area (Å²) in [6, 6.07) is 12.7. The van der Waals surface area contributed by atoms with Crippen molar-refractivity contribution in [1.82, 2.24) is 10.6 Å². The van der Waals surface area contributed by atoms with Gasteiger partial charge in [0.05, 0.1) is 13.7 Å². The van der Waals surface area contributed by atoms with Crippen molar-refractivity contribution in [1.29, 1.82) is 0 Å². The summed E-state index contributed by atoms with van der Waals surface area (Å²) in [6.45, 7) is 0.353. The molecular formula is C21H27F2N3O3. The average Bonchev–Trinajstić information content (AvgIpc) is 2.72. The lowest BCUT2D eigenvalue weighted by atomic mass is 10.1. The van der Waals surface area contributed by atoms with Gasteiger partial charge in [-0.1, -0.05) is 24.3 Å². The Kier molecular flexibility index (Phi) is 9.01. The average molecular weight is 407 g/mol. The molecule has 0 aliphatic heterocycles. The molecule has 0 unspecified atom stereocenters. The van der Waals surface area contributed by atoms with Gasteiger partial charge < -0.3 is 24.8 Å². The van der Waals surface area contributed by atoms with Crippen LogP contribution in [0, 0.1) is 0 Å². The third kappa shape index (κ3) is 7.14. The maximum atomic E-state index is 12.5. The van der Waals surface area contributed by atoms with Crippen LogP contribution >= 0.6 is 0 Å². The first-order chi connectivity index (χ1) is 14.1. The van der Waals surface area contributed by atoms with Crippen molar-refractivity contribution in [3.8, 4) is 17.2 Å². The van der Waals surface area contributed by atoms with Gasteiger partial charge in [-0.3, -0.25) is 4.99 Å². The van der Waals surface area contributed by atoms with E-state index < -0.39 is 6.61 Å². The zero-order valence-electron chi connectivity index (χ0n) is 16.9. The van der Waals surface area contributed by atoms with Crippen molar-refractivity contribution in [2.45, 2.75) is 26.5 Å². The minimum absolute atomic E-state index is 0.0184. The maximum Gasteiger partial charge on any atom is 0.387 e. The van der Waals surface area contributed by atoms with E-state index in [-0.39, 0.29) is 11.5 Å². The van der Waals surface area contributed by atoms with Crippen LogP contribution in [0.25, 0.3) is 0 Å². The fourth-order valence-corrected chi connectivity index (χ4v) is 2.76. The number of hydrogen-bond donors (Lipinski definition) is 2. The Bertz CT molecular complexity index is 800. The molecule has 0 bridgehead atoms. The SMILES string of the molecule is CCOc1cc(CNC(=NC)NCCc2ccccc2OC)ccc1OC(F)F. The number of para-hydroxylation sites is 1. The van der Waals surface area contributed by atoms with Crippen molar-refractivity contribution in [3.63, 3.8) is 0 Å². The molecule has 0 radical (unpaired) electrons. The van der Waals surface area contributed by atoms with Crippen LogP contribution in [0.2, 0.25) is 0 Å². The monoisotopic (exact) mass is 407 g/mol. The predicted molar refractivity (Wildman–Crippen MR) is 109 cm³/mol. The summed E-state index contributed by atoms with van der Waals surface area (Å²) in [6.07, 6.45) is 0.777. The van der Waals surface area contributed by atoms with E-state index in [0.29, 0.717) is 25.7 Å². The largest absolute Gasteiger partial charge is 0.496 e. The second-order valence-electron chi connectivity index (χ2n) is 6.01. The number of benzene rings is 2. The molecule has 2 N–H and O–H groups in total. The van der Waals surface area contributed by atoms with Crippen molar-refractivity contribution in [3.05, 3.63) is 53.6 Å². The smallest absolute Gasteiger partial charge is 0.387 e. The van der Waals surface area contributed by atoms with Crippen molar-refractivity contribution < 1.29 is 23.0 Å². The first kappa shape index (κ1) is 22.3. The van der Waals surface area contributed by atoms with Gasteiger partial charge in [0.15, 0.2) is 17.5 Å². The van der Waals surface area contributed by atoms with Gasteiger partial charge in [-0.25, -0.2) is 0 Å². The molecule has 2 aromatic rings. The molecule has 0 atom stereocenters. The van der Waals surface area contributed by atoms with E-state index in [1.54, 1.807) is 33.2 Å². The number of methoxy groups -OCH3 is 1. The fraction of sp³-hybridized carbons (Fsp3) is 0.381. The van der Waals surface area contributed by atoms with Crippen molar-refractivity contribution in [2.75, 3.05) is 27.3 Å². The highest BCUT2D eigenvalue weighted by Crippen LogP contribution is 2.29. The number of guanidine groups is 1.